The Morgan fingerprint density at radius 3 is 0.911 bits per heavy atom. The summed E-state index contributed by atoms with van der Waals surface area (Å²) in [5.41, 5.74) is 1.90. The Labute approximate surface area is 320 Å². The summed E-state index contributed by atoms with van der Waals surface area (Å²) >= 11 is 0. The maximum atomic E-state index is 13.5. The summed E-state index contributed by atoms with van der Waals surface area (Å²) in [6.45, 7) is 0. The van der Waals surface area contributed by atoms with E-state index in [0.717, 1.165) is 75.8 Å². The molecule has 0 aliphatic carbocycles. The summed E-state index contributed by atoms with van der Waals surface area (Å²) in [6, 6.07) is 58.3. The molecule has 0 saturated heterocycles. The fourth-order valence-electron chi connectivity index (χ4n) is 7.80. The van der Waals surface area contributed by atoms with Gasteiger partial charge >= 0.3 is 12.3 Å². The zero-order valence-electron chi connectivity index (χ0n) is 29.8. The highest BCUT2D eigenvalue weighted by Crippen LogP contribution is 2.50. The van der Waals surface area contributed by atoms with Gasteiger partial charge in [0.15, 0.2) is 0 Å². The summed E-state index contributed by atoms with van der Waals surface area (Å²) in [5.74, 6) is 1.58. The van der Waals surface area contributed by atoms with Crippen molar-refractivity contribution in [1.29, 1.82) is 0 Å². The van der Waals surface area contributed by atoms with Gasteiger partial charge in [0.2, 0.25) is 0 Å². The van der Waals surface area contributed by atoms with Gasteiger partial charge in [-0.1, -0.05) is 158 Å². The zero-order chi connectivity index (χ0) is 37.6. The van der Waals surface area contributed by atoms with E-state index < -0.39 is 12.3 Å². The van der Waals surface area contributed by atoms with Gasteiger partial charge in [-0.05, 0) is 78.5 Å². The molecule has 0 fully saturated rings. The third kappa shape index (κ3) is 5.77. The van der Waals surface area contributed by atoms with E-state index in [1.807, 2.05) is 170 Å². The highest BCUT2D eigenvalue weighted by molar-refractivity contribution is 6.27. The van der Waals surface area contributed by atoms with Crippen molar-refractivity contribution in [2.24, 2.45) is 0 Å². The van der Waals surface area contributed by atoms with Gasteiger partial charge in [0.05, 0.1) is 0 Å². The normalized spacial score (nSPS) is 11.4. The van der Waals surface area contributed by atoms with Crippen LogP contribution in [0, 0.1) is 0 Å². The second-order valence-corrected chi connectivity index (χ2v) is 13.5. The van der Waals surface area contributed by atoms with Crippen LogP contribution in [0.3, 0.4) is 0 Å². The first-order valence-electron chi connectivity index (χ1n) is 18.2. The highest BCUT2D eigenvalue weighted by atomic mass is 16.7. The second-order valence-electron chi connectivity index (χ2n) is 13.5. The lowest BCUT2D eigenvalue weighted by atomic mass is 9.85. The number of carbonyl (C=O) groups is 2. The first-order chi connectivity index (χ1) is 27.6. The van der Waals surface area contributed by atoms with Crippen molar-refractivity contribution in [3.63, 3.8) is 0 Å². The minimum absolute atomic E-state index is 0.389. The summed E-state index contributed by atoms with van der Waals surface area (Å²) in [5, 5.41) is 10.5. The number of hydrogen-bond acceptors (Lipinski definition) is 6. The Bertz CT molecular complexity index is 2870. The minimum atomic E-state index is -0.837. The molecule has 0 amide bonds. The Morgan fingerprint density at radius 1 is 0.286 bits per heavy atom. The molecular weight excluding hydrogens is 697 g/mol. The van der Waals surface area contributed by atoms with Gasteiger partial charge < -0.3 is 18.9 Å². The van der Waals surface area contributed by atoms with Crippen LogP contribution in [-0.4, -0.2) is 12.3 Å². The average molecular weight is 727 g/mol. The molecule has 0 unspecified atom stereocenters. The van der Waals surface area contributed by atoms with E-state index in [2.05, 4.69) is 0 Å². The van der Waals surface area contributed by atoms with Crippen molar-refractivity contribution in [3.05, 3.63) is 182 Å². The maximum absolute atomic E-state index is 13.5. The molecule has 0 N–H and O–H groups in total. The van der Waals surface area contributed by atoms with Gasteiger partial charge in [0, 0.05) is 21.5 Å². The Kier molecular flexibility index (Phi) is 8.00. The third-order valence-electron chi connectivity index (χ3n) is 10.2. The molecule has 0 aliphatic rings. The molecule has 266 valence electrons. The van der Waals surface area contributed by atoms with E-state index in [9.17, 15) is 9.59 Å². The molecule has 0 aromatic heterocycles. The van der Waals surface area contributed by atoms with Gasteiger partial charge in [0.1, 0.15) is 23.0 Å². The number of ether oxygens (including phenoxy) is 4. The lowest BCUT2D eigenvalue weighted by molar-refractivity contribution is 0.152. The number of hydrogen-bond donors (Lipinski definition) is 0. The first kappa shape index (κ1) is 32.9. The largest absolute Gasteiger partial charge is 0.519 e. The number of carbonyl (C=O) groups excluding carboxylic acids is 2. The summed E-state index contributed by atoms with van der Waals surface area (Å²) in [7, 11) is 0. The molecule has 10 aromatic carbocycles. The Morgan fingerprint density at radius 2 is 0.571 bits per heavy atom. The highest BCUT2D eigenvalue weighted by Gasteiger charge is 2.24. The molecular formula is C50H30O6. The van der Waals surface area contributed by atoms with Crippen LogP contribution < -0.4 is 18.9 Å². The molecule has 0 spiro atoms. The molecule has 6 nitrogen and oxygen atoms in total. The van der Waals surface area contributed by atoms with Crippen LogP contribution in [0.25, 0.3) is 75.8 Å². The van der Waals surface area contributed by atoms with Crippen LogP contribution in [0.15, 0.2) is 182 Å². The SMILES string of the molecule is O=C(Oc1ccc2ccccc2c1)Oc1c2ccccc2c(-c2c3ccccc3c(OC(=O)Oc3ccc4ccccc4c3)c3ccccc23)c2ccccc12. The van der Waals surface area contributed by atoms with Crippen molar-refractivity contribution in [2.75, 3.05) is 0 Å². The van der Waals surface area contributed by atoms with Crippen molar-refractivity contribution in [3.8, 4) is 34.1 Å². The standard InChI is InChI=1S/C50H30O6/c51-49(53-35-27-25-31-13-1-3-15-33(31)29-35)55-47-41-21-9-5-17-37(41)45(38-18-6-10-22-42(38)47)46-39-19-7-11-23-43(39)48(44-24-12-8-20-40(44)46)56-50(52)54-36-28-26-32-14-2-4-16-34(32)30-36/h1-30H. The van der Waals surface area contributed by atoms with Crippen LogP contribution in [-0.2, 0) is 0 Å². The van der Waals surface area contributed by atoms with Gasteiger partial charge in [-0.3, -0.25) is 0 Å². The summed E-state index contributed by atoms with van der Waals surface area (Å²) < 4.78 is 23.7. The smallest absolute Gasteiger partial charge is 0.395 e. The predicted molar refractivity (Wildman–Crippen MR) is 223 cm³/mol. The molecule has 0 heterocycles. The summed E-state index contributed by atoms with van der Waals surface area (Å²) in [6.07, 6.45) is -1.67. The Hall–Kier alpha value is -7.70. The molecule has 10 aromatic rings. The van der Waals surface area contributed by atoms with Gasteiger partial charge in [-0.25, -0.2) is 9.59 Å². The number of fused-ring (bicyclic) bond motifs is 6. The van der Waals surface area contributed by atoms with Crippen LogP contribution in [0.2, 0.25) is 0 Å². The van der Waals surface area contributed by atoms with Crippen molar-refractivity contribution in [2.45, 2.75) is 0 Å². The molecule has 10 rings (SSSR count). The van der Waals surface area contributed by atoms with Gasteiger partial charge in [-0.15, -0.1) is 0 Å². The maximum Gasteiger partial charge on any atom is 0.519 e. The van der Waals surface area contributed by atoms with E-state index in [-0.39, 0.29) is 0 Å². The molecule has 6 heteroatoms. The monoisotopic (exact) mass is 726 g/mol. The number of benzene rings is 10. The van der Waals surface area contributed by atoms with E-state index >= 15 is 0 Å². The van der Waals surface area contributed by atoms with E-state index in [4.69, 9.17) is 18.9 Å². The molecule has 0 bridgehead atoms. The fraction of sp³-hybridized carbons (Fsp3) is 0. The lowest BCUT2D eigenvalue weighted by Gasteiger charge is -2.21. The van der Waals surface area contributed by atoms with E-state index in [1.165, 1.54) is 0 Å². The van der Waals surface area contributed by atoms with Gasteiger partial charge in [-0.2, -0.15) is 0 Å². The molecule has 0 radical (unpaired) electrons. The first-order valence-corrected chi connectivity index (χ1v) is 18.2. The van der Waals surface area contributed by atoms with Crippen molar-refractivity contribution < 1.29 is 28.5 Å². The number of rotatable bonds is 5. The molecule has 0 aliphatic heterocycles. The van der Waals surface area contributed by atoms with Crippen LogP contribution in [0.5, 0.6) is 23.0 Å². The van der Waals surface area contributed by atoms with Crippen LogP contribution >= 0.6 is 0 Å². The quantitative estimate of drug-likeness (QED) is 0.0999. The Balaban J connectivity index is 1.10. The van der Waals surface area contributed by atoms with Gasteiger partial charge in [0.25, 0.3) is 0 Å². The van der Waals surface area contributed by atoms with Crippen LogP contribution in [0.1, 0.15) is 0 Å². The molecule has 0 atom stereocenters. The predicted octanol–water partition coefficient (Wildman–Crippen LogP) is 13.4. The van der Waals surface area contributed by atoms with Crippen LogP contribution in [0.4, 0.5) is 9.59 Å². The fourth-order valence-corrected chi connectivity index (χ4v) is 7.80. The van der Waals surface area contributed by atoms with E-state index in [0.29, 0.717) is 23.0 Å². The van der Waals surface area contributed by atoms with Crippen molar-refractivity contribution in [1.82, 2.24) is 0 Å². The minimum Gasteiger partial charge on any atom is -0.395 e. The molecule has 56 heavy (non-hydrogen) atoms. The third-order valence-corrected chi connectivity index (χ3v) is 10.2. The molecule has 0 saturated carbocycles. The topological polar surface area (TPSA) is 71.1 Å². The van der Waals surface area contributed by atoms with Crippen molar-refractivity contribution >= 4 is 76.9 Å². The second kappa shape index (κ2) is 13.6. The van der Waals surface area contributed by atoms with E-state index in [1.54, 1.807) is 12.1 Å². The average Bonchev–Trinajstić information content (AvgIpc) is 3.24. The lowest BCUT2D eigenvalue weighted by Crippen LogP contribution is -2.14. The zero-order valence-corrected chi connectivity index (χ0v) is 29.8. The summed E-state index contributed by atoms with van der Waals surface area (Å²) in [4.78, 5) is 27.0.